The van der Waals surface area contributed by atoms with Crippen molar-refractivity contribution in [3.05, 3.63) is 0 Å². The van der Waals surface area contributed by atoms with Crippen molar-refractivity contribution in [2.24, 2.45) is 11.3 Å². The van der Waals surface area contributed by atoms with Gasteiger partial charge in [0.1, 0.15) is 0 Å². The van der Waals surface area contributed by atoms with Crippen LogP contribution in [0.25, 0.3) is 0 Å². The van der Waals surface area contributed by atoms with E-state index >= 15 is 0 Å². The van der Waals surface area contributed by atoms with Crippen LogP contribution in [0.4, 0.5) is 0 Å². The summed E-state index contributed by atoms with van der Waals surface area (Å²) in [5.74, 6) is 0.846. The summed E-state index contributed by atoms with van der Waals surface area (Å²) >= 11 is 0. The molecule has 1 saturated carbocycles. The van der Waals surface area contributed by atoms with Gasteiger partial charge in [-0.2, -0.15) is 0 Å². The fourth-order valence-electron chi connectivity index (χ4n) is 2.25. The molecule has 0 aromatic heterocycles. The third kappa shape index (κ3) is 2.96. The lowest BCUT2D eigenvalue weighted by molar-refractivity contribution is -0.0162. The molecule has 2 atom stereocenters. The van der Waals surface area contributed by atoms with Gasteiger partial charge in [0.15, 0.2) is 0 Å². The molecule has 0 radical (unpaired) electrons. The summed E-state index contributed by atoms with van der Waals surface area (Å²) in [5, 5.41) is 3.58. The number of hydrogen-bond acceptors (Lipinski definition) is 2. The van der Waals surface area contributed by atoms with E-state index in [-0.39, 0.29) is 5.41 Å². The van der Waals surface area contributed by atoms with Crippen molar-refractivity contribution < 1.29 is 4.74 Å². The Morgan fingerprint density at radius 2 is 1.93 bits per heavy atom. The highest BCUT2D eigenvalue weighted by Gasteiger charge is 2.41. The minimum Gasteiger partial charge on any atom is -0.379 e. The minimum atomic E-state index is 0.226. The Balaban J connectivity index is 2.62. The average molecular weight is 199 g/mol. The van der Waals surface area contributed by atoms with E-state index in [4.69, 9.17) is 4.74 Å². The van der Waals surface area contributed by atoms with Crippen LogP contribution in [0.5, 0.6) is 0 Å². The first kappa shape index (κ1) is 12.0. The first-order valence-electron chi connectivity index (χ1n) is 5.77. The topological polar surface area (TPSA) is 21.3 Å². The number of hydrogen-bond donors (Lipinski definition) is 1. The molecule has 0 aromatic carbocycles. The Morgan fingerprint density at radius 3 is 2.21 bits per heavy atom. The van der Waals surface area contributed by atoms with E-state index in [1.807, 2.05) is 7.11 Å². The molecule has 2 nitrogen and oxygen atoms in total. The van der Waals surface area contributed by atoms with Crippen LogP contribution in [0.1, 0.15) is 40.5 Å². The SMILES string of the molecule is CCNC(C1CC1)C(OC)C(C)(C)C. The fourth-order valence-corrected chi connectivity index (χ4v) is 2.25. The maximum atomic E-state index is 5.67. The van der Waals surface area contributed by atoms with E-state index in [9.17, 15) is 0 Å². The van der Waals surface area contributed by atoms with E-state index in [2.05, 4.69) is 33.0 Å². The third-order valence-corrected chi connectivity index (χ3v) is 3.00. The Morgan fingerprint density at radius 1 is 1.36 bits per heavy atom. The molecule has 1 aliphatic rings. The van der Waals surface area contributed by atoms with Crippen LogP contribution in [0, 0.1) is 11.3 Å². The summed E-state index contributed by atoms with van der Waals surface area (Å²) in [4.78, 5) is 0. The van der Waals surface area contributed by atoms with Gasteiger partial charge in [0, 0.05) is 13.2 Å². The van der Waals surface area contributed by atoms with Crippen molar-refractivity contribution in [1.82, 2.24) is 5.32 Å². The van der Waals surface area contributed by atoms with Crippen LogP contribution in [0.15, 0.2) is 0 Å². The van der Waals surface area contributed by atoms with Gasteiger partial charge in [-0.05, 0) is 30.7 Å². The second-order valence-corrected chi connectivity index (χ2v) is 5.44. The van der Waals surface area contributed by atoms with Crippen LogP contribution in [-0.2, 0) is 4.74 Å². The van der Waals surface area contributed by atoms with Gasteiger partial charge in [-0.15, -0.1) is 0 Å². The summed E-state index contributed by atoms with van der Waals surface area (Å²) in [6.45, 7) is 9.98. The lowest BCUT2D eigenvalue weighted by Crippen LogP contribution is -2.49. The van der Waals surface area contributed by atoms with Crippen LogP contribution < -0.4 is 5.32 Å². The van der Waals surface area contributed by atoms with Crippen LogP contribution in [-0.4, -0.2) is 25.8 Å². The molecule has 2 heteroatoms. The maximum Gasteiger partial charge on any atom is 0.0775 e. The van der Waals surface area contributed by atoms with Gasteiger partial charge in [0.2, 0.25) is 0 Å². The van der Waals surface area contributed by atoms with E-state index in [0.29, 0.717) is 12.1 Å². The van der Waals surface area contributed by atoms with Gasteiger partial charge in [0.05, 0.1) is 6.10 Å². The van der Waals surface area contributed by atoms with Crippen LogP contribution in [0.2, 0.25) is 0 Å². The molecule has 0 aliphatic heterocycles. The Bertz CT molecular complexity index is 170. The summed E-state index contributed by atoms with van der Waals surface area (Å²) in [6, 6.07) is 0.546. The monoisotopic (exact) mass is 199 g/mol. The Hall–Kier alpha value is -0.0800. The smallest absolute Gasteiger partial charge is 0.0775 e. The molecule has 0 bridgehead atoms. The predicted octanol–water partition coefficient (Wildman–Crippen LogP) is 2.44. The van der Waals surface area contributed by atoms with Crippen molar-refractivity contribution in [1.29, 1.82) is 0 Å². The predicted molar refractivity (Wildman–Crippen MR) is 60.4 cm³/mol. The molecule has 0 amide bonds. The normalized spacial score (nSPS) is 22.1. The molecule has 1 rings (SSSR count). The first-order valence-corrected chi connectivity index (χ1v) is 5.77. The highest BCUT2D eigenvalue weighted by molar-refractivity contribution is 4.95. The first-order chi connectivity index (χ1) is 6.50. The van der Waals surface area contributed by atoms with Gasteiger partial charge < -0.3 is 10.1 Å². The van der Waals surface area contributed by atoms with Crippen molar-refractivity contribution >= 4 is 0 Å². The molecule has 1 fully saturated rings. The average Bonchev–Trinajstić information content (AvgIpc) is 2.84. The molecule has 0 saturated heterocycles. The van der Waals surface area contributed by atoms with Crippen molar-refractivity contribution in [3.63, 3.8) is 0 Å². The van der Waals surface area contributed by atoms with Gasteiger partial charge in [-0.1, -0.05) is 27.7 Å². The van der Waals surface area contributed by atoms with Crippen LogP contribution >= 0.6 is 0 Å². The van der Waals surface area contributed by atoms with E-state index in [1.165, 1.54) is 12.8 Å². The van der Waals surface area contributed by atoms with Gasteiger partial charge in [0.25, 0.3) is 0 Å². The second kappa shape index (κ2) is 4.63. The molecular formula is C12H25NO. The zero-order valence-electron chi connectivity index (χ0n) is 10.3. The van der Waals surface area contributed by atoms with Gasteiger partial charge in [-0.25, -0.2) is 0 Å². The largest absolute Gasteiger partial charge is 0.379 e. The molecule has 1 aliphatic carbocycles. The van der Waals surface area contributed by atoms with Crippen molar-refractivity contribution in [3.8, 4) is 0 Å². The standard InChI is InChI=1S/C12H25NO/c1-6-13-10(9-7-8-9)11(14-5)12(2,3)4/h9-11,13H,6-8H2,1-5H3. The molecule has 1 N–H and O–H groups in total. The fraction of sp³-hybridized carbons (Fsp3) is 1.00. The van der Waals surface area contributed by atoms with Gasteiger partial charge in [-0.3, -0.25) is 0 Å². The molecule has 0 spiro atoms. The Kier molecular flexibility index (Phi) is 3.96. The zero-order chi connectivity index (χ0) is 10.8. The van der Waals surface area contributed by atoms with E-state index in [1.54, 1.807) is 0 Å². The summed E-state index contributed by atoms with van der Waals surface area (Å²) in [7, 11) is 1.84. The second-order valence-electron chi connectivity index (χ2n) is 5.44. The van der Waals surface area contributed by atoms with E-state index < -0.39 is 0 Å². The maximum absolute atomic E-state index is 5.67. The van der Waals surface area contributed by atoms with Crippen LogP contribution in [0.3, 0.4) is 0 Å². The summed E-state index contributed by atoms with van der Waals surface area (Å²) in [6.07, 6.45) is 3.07. The quantitative estimate of drug-likeness (QED) is 0.734. The highest BCUT2D eigenvalue weighted by Crippen LogP contribution is 2.39. The minimum absolute atomic E-state index is 0.226. The molecular weight excluding hydrogens is 174 g/mol. The number of rotatable bonds is 5. The highest BCUT2D eigenvalue weighted by atomic mass is 16.5. The lowest BCUT2D eigenvalue weighted by atomic mass is 9.82. The number of nitrogens with one attached hydrogen (secondary N) is 1. The van der Waals surface area contributed by atoms with Gasteiger partial charge >= 0.3 is 0 Å². The van der Waals surface area contributed by atoms with Crippen molar-refractivity contribution in [2.75, 3.05) is 13.7 Å². The number of likely N-dealkylation sites (N-methyl/N-ethyl adjacent to an activating group) is 1. The molecule has 84 valence electrons. The summed E-state index contributed by atoms with van der Waals surface area (Å²) in [5.41, 5.74) is 0.226. The summed E-state index contributed by atoms with van der Waals surface area (Å²) < 4.78 is 5.67. The zero-order valence-corrected chi connectivity index (χ0v) is 10.3. The molecule has 2 unspecified atom stereocenters. The molecule has 0 aromatic rings. The lowest BCUT2D eigenvalue weighted by Gasteiger charge is -2.36. The van der Waals surface area contributed by atoms with Crippen molar-refractivity contribution in [2.45, 2.75) is 52.7 Å². The number of ether oxygens (including phenoxy) is 1. The molecule has 14 heavy (non-hydrogen) atoms. The van der Waals surface area contributed by atoms with E-state index in [0.717, 1.165) is 12.5 Å². The third-order valence-electron chi connectivity index (χ3n) is 3.00. The Labute approximate surface area is 88.4 Å². The number of methoxy groups -OCH3 is 1. The molecule has 0 heterocycles.